The van der Waals surface area contributed by atoms with Crippen LogP contribution in [0.15, 0.2) is 35.9 Å². The summed E-state index contributed by atoms with van der Waals surface area (Å²) >= 11 is 0. The summed E-state index contributed by atoms with van der Waals surface area (Å²) < 4.78 is 21.0. The van der Waals surface area contributed by atoms with Crippen molar-refractivity contribution in [3.05, 3.63) is 47.0 Å². The highest BCUT2D eigenvalue weighted by molar-refractivity contribution is 6.11. The Morgan fingerprint density at radius 1 is 0.857 bits per heavy atom. The molecule has 0 atom stereocenters. The lowest BCUT2D eigenvalue weighted by Crippen LogP contribution is -2.04. The highest BCUT2D eigenvalue weighted by Crippen LogP contribution is 2.38. The molecule has 2 rings (SSSR count). The van der Waals surface area contributed by atoms with Crippen molar-refractivity contribution < 1.29 is 23.7 Å². The van der Waals surface area contributed by atoms with Crippen LogP contribution in [0.3, 0.4) is 0 Å². The number of nitrogens with two attached hydrogens (primary N) is 1. The van der Waals surface area contributed by atoms with Gasteiger partial charge in [-0.25, -0.2) is 0 Å². The van der Waals surface area contributed by atoms with Crippen LogP contribution in [-0.2, 0) is 0 Å². The number of nitrogen functional groups attached to an aromatic ring is 1. The third-order valence-corrected chi connectivity index (χ3v) is 3.92. The van der Waals surface area contributed by atoms with Crippen molar-refractivity contribution in [3.63, 3.8) is 0 Å². The topological polar surface area (TPSA) is 80.0 Å². The molecular formula is C20H25Cl2NO5. The van der Waals surface area contributed by atoms with Gasteiger partial charge in [-0.15, -0.1) is 24.8 Å². The van der Waals surface area contributed by atoms with E-state index in [1.165, 1.54) is 21.3 Å². The van der Waals surface area contributed by atoms with E-state index in [0.29, 0.717) is 39.8 Å². The predicted molar refractivity (Wildman–Crippen MR) is 116 cm³/mol. The van der Waals surface area contributed by atoms with E-state index in [0.717, 1.165) is 5.56 Å². The van der Waals surface area contributed by atoms with Crippen molar-refractivity contribution in [2.75, 3.05) is 34.2 Å². The first-order chi connectivity index (χ1) is 12.4. The number of carbonyl (C=O) groups excluding carboxylic acids is 1. The lowest BCUT2D eigenvalue weighted by Gasteiger charge is -2.14. The van der Waals surface area contributed by atoms with E-state index in [4.69, 9.17) is 24.7 Å². The number of halogens is 2. The zero-order chi connectivity index (χ0) is 19.3. The highest BCUT2D eigenvalue weighted by atomic mass is 35.5. The molecule has 2 aromatic rings. The Bertz CT molecular complexity index is 827. The van der Waals surface area contributed by atoms with E-state index in [1.54, 1.807) is 44.4 Å². The molecule has 0 spiro atoms. The summed E-state index contributed by atoms with van der Waals surface area (Å²) in [5.74, 6) is 1.74. The van der Waals surface area contributed by atoms with Gasteiger partial charge >= 0.3 is 0 Å². The Hall–Kier alpha value is -2.57. The van der Waals surface area contributed by atoms with Crippen molar-refractivity contribution in [1.29, 1.82) is 0 Å². The predicted octanol–water partition coefficient (Wildman–Crippen LogP) is 4.43. The Morgan fingerprint density at radius 2 is 1.39 bits per heavy atom. The molecule has 0 amide bonds. The molecule has 0 radical (unpaired) electrons. The third kappa shape index (κ3) is 5.47. The van der Waals surface area contributed by atoms with Crippen LogP contribution in [-0.4, -0.2) is 34.2 Å². The SMILES string of the molecule is COc1ccc(C=C(C)C(=O)c2cc(OC)c(OC)c(OC)c2)cc1N.Cl.Cl. The minimum atomic E-state index is -0.154. The van der Waals surface area contributed by atoms with Gasteiger partial charge in [-0.3, -0.25) is 4.79 Å². The van der Waals surface area contributed by atoms with Gasteiger partial charge in [0.05, 0.1) is 34.1 Å². The second-order valence-corrected chi connectivity index (χ2v) is 5.57. The lowest BCUT2D eigenvalue weighted by atomic mass is 10.0. The summed E-state index contributed by atoms with van der Waals surface area (Å²) in [5, 5.41) is 0. The minimum absolute atomic E-state index is 0. The van der Waals surface area contributed by atoms with E-state index in [-0.39, 0.29) is 30.6 Å². The van der Waals surface area contributed by atoms with Crippen LogP contribution in [0.4, 0.5) is 5.69 Å². The van der Waals surface area contributed by atoms with Gasteiger partial charge in [0.1, 0.15) is 5.75 Å². The summed E-state index contributed by atoms with van der Waals surface area (Å²) in [4.78, 5) is 12.8. The number of methoxy groups -OCH3 is 4. The molecule has 2 N–H and O–H groups in total. The van der Waals surface area contributed by atoms with Gasteiger partial charge in [0, 0.05) is 5.56 Å². The average Bonchev–Trinajstić information content (AvgIpc) is 2.66. The van der Waals surface area contributed by atoms with E-state index >= 15 is 0 Å². The average molecular weight is 430 g/mol. The van der Waals surface area contributed by atoms with Gasteiger partial charge in [0.2, 0.25) is 5.75 Å². The Balaban J connectivity index is 0.00000364. The number of carbonyl (C=O) groups is 1. The van der Waals surface area contributed by atoms with Crippen molar-refractivity contribution >= 4 is 42.4 Å². The van der Waals surface area contributed by atoms with Crippen LogP contribution in [0.2, 0.25) is 0 Å². The number of ketones is 1. The summed E-state index contributed by atoms with van der Waals surface area (Å²) in [6, 6.07) is 8.61. The summed E-state index contributed by atoms with van der Waals surface area (Å²) in [6.07, 6.45) is 1.77. The summed E-state index contributed by atoms with van der Waals surface area (Å²) in [6.45, 7) is 1.74. The second kappa shape index (κ2) is 11.3. The standard InChI is InChI=1S/C20H23NO5.2ClH/c1-12(8-13-6-7-16(23-2)15(21)9-13)19(22)14-10-17(24-3)20(26-5)18(11-14)25-4;;/h6-11H,21H2,1-5H3;2*1H. The van der Waals surface area contributed by atoms with E-state index < -0.39 is 0 Å². The number of ether oxygens (including phenoxy) is 4. The molecule has 8 heteroatoms. The zero-order valence-electron chi connectivity index (χ0n) is 16.4. The van der Waals surface area contributed by atoms with Gasteiger partial charge < -0.3 is 24.7 Å². The number of Topliss-reactive ketones (excluding diaryl/α,β-unsaturated/α-hetero) is 1. The van der Waals surface area contributed by atoms with Crippen molar-refractivity contribution in [2.24, 2.45) is 0 Å². The van der Waals surface area contributed by atoms with Crippen molar-refractivity contribution in [1.82, 2.24) is 0 Å². The Kier molecular flexibility index (Phi) is 10.3. The van der Waals surface area contributed by atoms with E-state index in [1.807, 2.05) is 6.07 Å². The van der Waals surface area contributed by atoms with Crippen LogP contribution in [0.5, 0.6) is 23.0 Å². The number of hydrogen-bond acceptors (Lipinski definition) is 6. The smallest absolute Gasteiger partial charge is 0.203 e. The molecule has 0 aliphatic carbocycles. The van der Waals surface area contributed by atoms with Gasteiger partial charge in [-0.2, -0.15) is 0 Å². The Morgan fingerprint density at radius 3 is 1.82 bits per heavy atom. The molecular weight excluding hydrogens is 405 g/mol. The molecule has 0 aromatic heterocycles. The van der Waals surface area contributed by atoms with Crippen LogP contribution in [0, 0.1) is 0 Å². The molecule has 0 unspecified atom stereocenters. The maximum atomic E-state index is 12.8. The first-order valence-electron chi connectivity index (χ1n) is 7.91. The van der Waals surface area contributed by atoms with Crippen LogP contribution >= 0.6 is 24.8 Å². The van der Waals surface area contributed by atoms with Gasteiger partial charge in [-0.1, -0.05) is 6.07 Å². The van der Waals surface area contributed by atoms with E-state index in [2.05, 4.69) is 0 Å². The first-order valence-corrected chi connectivity index (χ1v) is 7.91. The molecule has 0 saturated carbocycles. The number of allylic oxidation sites excluding steroid dienone is 1. The molecule has 154 valence electrons. The molecule has 0 aliphatic rings. The van der Waals surface area contributed by atoms with Crippen LogP contribution < -0.4 is 24.7 Å². The molecule has 6 nitrogen and oxygen atoms in total. The quantitative estimate of drug-likeness (QED) is 0.398. The number of hydrogen-bond donors (Lipinski definition) is 1. The third-order valence-electron chi connectivity index (χ3n) is 3.92. The van der Waals surface area contributed by atoms with Crippen molar-refractivity contribution in [3.8, 4) is 23.0 Å². The number of benzene rings is 2. The lowest BCUT2D eigenvalue weighted by molar-refractivity contribution is 0.103. The zero-order valence-corrected chi connectivity index (χ0v) is 18.0. The van der Waals surface area contributed by atoms with Crippen molar-refractivity contribution in [2.45, 2.75) is 6.92 Å². The molecule has 28 heavy (non-hydrogen) atoms. The molecule has 2 aromatic carbocycles. The Labute approximate surface area is 177 Å². The fourth-order valence-corrected chi connectivity index (χ4v) is 2.60. The first kappa shape index (κ1) is 25.4. The molecule has 0 saturated heterocycles. The monoisotopic (exact) mass is 429 g/mol. The normalized spacial score (nSPS) is 10.2. The number of rotatable bonds is 7. The van der Waals surface area contributed by atoms with E-state index in [9.17, 15) is 4.79 Å². The minimum Gasteiger partial charge on any atom is -0.495 e. The molecule has 0 bridgehead atoms. The van der Waals surface area contributed by atoms with Crippen LogP contribution in [0.1, 0.15) is 22.8 Å². The fraction of sp³-hybridized carbons (Fsp3) is 0.250. The van der Waals surface area contributed by atoms with Gasteiger partial charge in [0.25, 0.3) is 0 Å². The molecule has 0 fully saturated rings. The largest absolute Gasteiger partial charge is 0.495 e. The second-order valence-electron chi connectivity index (χ2n) is 5.57. The molecule has 0 heterocycles. The summed E-state index contributed by atoms with van der Waals surface area (Å²) in [7, 11) is 6.09. The number of anilines is 1. The van der Waals surface area contributed by atoms with Gasteiger partial charge in [-0.05, 0) is 48.4 Å². The maximum absolute atomic E-state index is 12.8. The molecule has 0 aliphatic heterocycles. The maximum Gasteiger partial charge on any atom is 0.203 e. The van der Waals surface area contributed by atoms with Crippen LogP contribution in [0.25, 0.3) is 6.08 Å². The fourth-order valence-electron chi connectivity index (χ4n) is 2.60. The summed E-state index contributed by atoms with van der Waals surface area (Å²) in [5.41, 5.74) is 8.22. The highest BCUT2D eigenvalue weighted by Gasteiger charge is 2.18. The van der Waals surface area contributed by atoms with Gasteiger partial charge in [0.15, 0.2) is 17.3 Å².